The predicted molar refractivity (Wildman–Crippen MR) is 77.2 cm³/mol. The number of hydrogen-bond acceptors (Lipinski definition) is 3. The largest absolute Gasteiger partial charge is 0.397 e. The molecule has 5 nitrogen and oxygen atoms in total. The minimum absolute atomic E-state index is 0.0445. The highest BCUT2D eigenvalue weighted by molar-refractivity contribution is 5.93. The summed E-state index contributed by atoms with van der Waals surface area (Å²) in [5, 5.41) is 2.93. The number of nitrogens with two attached hydrogens (primary N) is 1. The molecule has 19 heavy (non-hydrogen) atoms. The molecule has 0 saturated carbocycles. The van der Waals surface area contributed by atoms with Gasteiger partial charge in [-0.3, -0.25) is 4.79 Å². The van der Waals surface area contributed by atoms with Crippen LogP contribution >= 0.6 is 0 Å². The van der Waals surface area contributed by atoms with Gasteiger partial charge in [0.05, 0.1) is 5.69 Å². The zero-order valence-electron chi connectivity index (χ0n) is 11.9. The molecule has 0 aliphatic rings. The summed E-state index contributed by atoms with van der Waals surface area (Å²) in [5.74, 6) is -0.0445. The van der Waals surface area contributed by atoms with Gasteiger partial charge >= 0.3 is 0 Å². The van der Waals surface area contributed by atoms with E-state index in [1.807, 2.05) is 10.8 Å². The third kappa shape index (κ3) is 5.34. The van der Waals surface area contributed by atoms with Crippen molar-refractivity contribution in [1.82, 2.24) is 9.88 Å². The highest BCUT2D eigenvalue weighted by Gasteiger charge is 2.11. The van der Waals surface area contributed by atoms with Crippen LogP contribution in [0.5, 0.6) is 0 Å². The number of nitrogens with one attached hydrogen (secondary N) is 1. The first-order valence-electron chi connectivity index (χ1n) is 6.91. The second-order valence-electron chi connectivity index (χ2n) is 4.66. The molecule has 0 bridgehead atoms. The molecule has 1 amide bonds. The highest BCUT2D eigenvalue weighted by atomic mass is 16.5. The Balaban J connectivity index is 2.36. The van der Waals surface area contributed by atoms with Crippen LogP contribution in [0.25, 0.3) is 0 Å². The Labute approximate surface area is 115 Å². The van der Waals surface area contributed by atoms with Crippen LogP contribution < -0.4 is 11.1 Å². The van der Waals surface area contributed by atoms with Gasteiger partial charge in [-0.25, -0.2) is 0 Å². The molecule has 3 N–H and O–H groups in total. The van der Waals surface area contributed by atoms with Crippen molar-refractivity contribution >= 4 is 11.6 Å². The van der Waals surface area contributed by atoms with Crippen molar-refractivity contribution in [2.45, 2.75) is 39.2 Å². The third-order valence-electron chi connectivity index (χ3n) is 2.93. The third-order valence-corrected chi connectivity index (χ3v) is 2.93. The highest BCUT2D eigenvalue weighted by Crippen LogP contribution is 2.11. The minimum Gasteiger partial charge on any atom is -0.397 e. The predicted octanol–water partition coefficient (Wildman–Crippen LogP) is 2.03. The monoisotopic (exact) mass is 267 g/mol. The van der Waals surface area contributed by atoms with Crippen molar-refractivity contribution in [3.05, 3.63) is 18.0 Å². The maximum atomic E-state index is 12.0. The number of carbonyl (C=O) groups excluding carboxylic acids is 1. The van der Waals surface area contributed by atoms with Crippen molar-refractivity contribution < 1.29 is 9.53 Å². The topological polar surface area (TPSA) is 69.3 Å². The van der Waals surface area contributed by atoms with Crippen LogP contribution in [0.1, 0.15) is 43.1 Å². The number of hydrogen-bond donors (Lipinski definition) is 2. The summed E-state index contributed by atoms with van der Waals surface area (Å²) in [6, 6.07) is 1.73. The summed E-state index contributed by atoms with van der Waals surface area (Å²) in [5.41, 5.74) is 7.03. The van der Waals surface area contributed by atoms with Crippen LogP contribution in [0.2, 0.25) is 0 Å². The van der Waals surface area contributed by atoms with Gasteiger partial charge in [0.25, 0.3) is 5.91 Å². The van der Waals surface area contributed by atoms with Crippen molar-refractivity contribution in [1.29, 1.82) is 0 Å². The number of methoxy groups -OCH3 is 1. The molecule has 0 saturated heterocycles. The van der Waals surface area contributed by atoms with Crippen molar-refractivity contribution in [2.75, 3.05) is 26.0 Å². The Bertz CT molecular complexity index is 388. The molecule has 0 aliphatic heterocycles. The molecule has 0 radical (unpaired) electrons. The lowest BCUT2D eigenvalue weighted by Gasteiger charge is -2.08. The second kappa shape index (κ2) is 8.58. The molecule has 5 heteroatoms. The quantitative estimate of drug-likeness (QED) is 0.673. The Morgan fingerprint density at radius 2 is 2.21 bits per heavy atom. The van der Waals surface area contributed by atoms with Crippen LogP contribution in [-0.2, 0) is 11.3 Å². The fraction of sp³-hybridized carbons (Fsp3) is 0.643. The van der Waals surface area contributed by atoms with Crippen LogP contribution in [0, 0.1) is 0 Å². The first-order chi connectivity index (χ1) is 9.19. The number of rotatable bonds is 9. The van der Waals surface area contributed by atoms with Gasteiger partial charge in [0, 0.05) is 33.0 Å². The number of carbonyl (C=O) groups is 1. The van der Waals surface area contributed by atoms with Crippen molar-refractivity contribution in [3.63, 3.8) is 0 Å². The number of nitrogens with zero attached hydrogens (tertiary/aromatic N) is 1. The van der Waals surface area contributed by atoms with E-state index in [0.29, 0.717) is 17.9 Å². The Kier molecular flexibility index (Phi) is 7.03. The van der Waals surface area contributed by atoms with Gasteiger partial charge in [-0.15, -0.1) is 0 Å². The number of aromatic nitrogens is 1. The lowest BCUT2D eigenvalue weighted by atomic mass is 10.2. The summed E-state index contributed by atoms with van der Waals surface area (Å²) in [4.78, 5) is 12.0. The maximum absolute atomic E-state index is 12.0. The van der Waals surface area contributed by atoms with E-state index in [1.54, 1.807) is 13.2 Å². The summed E-state index contributed by atoms with van der Waals surface area (Å²) >= 11 is 0. The SMILES string of the molecule is CCCn1cc(N)cc1C(=O)NCCCCCOC. The van der Waals surface area contributed by atoms with Gasteiger partial charge < -0.3 is 20.4 Å². The van der Waals surface area contributed by atoms with Crippen LogP contribution in [0.3, 0.4) is 0 Å². The van der Waals surface area contributed by atoms with Crippen LogP contribution in [0.15, 0.2) is 12.3 Å². The normalized spacial score (nSPS) is 10.6. The molecule has 0 aliphatic carbocycles. The Morgan fingerprint density at radius 3 is 2.89 bits per heavy atom. The molecule has 0 unspecified atom stereocenters. The van der Waals surface area contributed by atoms with E-state index in [2.05, 4.69) is 12.2 Å². The summed E-state index contributed by atoms with van der Waals surface area (Å²) in [6.07, 6.45) is 5.86. The number of anilines is 1. The number of unbranched alkanes of at least 4 members (excludes halogenated alkanes) is 2. The van der Waals surface area contributed by atoms with E-state index >= 15 is 0 Å². The average Bonchev–Trinajstić information content (AvgIpc) is 2.75. The van der Waals surface area contributed by atoms with E-state index in [4.69, 9.17) is 10.5 Å². The molecule has 1 heterocycles. The number of nitrogen functional groups attached to an aromatic ring is 1. The zero-order chi connectivity index (χ0) is 14.1. The lowest BCUT2D eigenvalue weighted by Crippen LogP contribution is -2.26. The molecule has 0 fully saturated rings. The van der Waals surface area contributed by atoms with Gasteiger partial charge in [0.15, 0.2) is 0 Å². The minimum atomic E-state index is -0.0445. The first-order valence-corrected chi connectivity index (χ1v) is 6.91. The molecule has 1 rings (SSSR count). The molecule has 0 aromatic carbocycles. The first kappa shape index (κ1) is 15.6. The molecule has 0 atom stereocenters. The molecular weight excluding hydrogens is 242 g/mol. The molecular formula is C14H25N3O2. The smallest absolute Gasteiger partial charge is 0.267 e. The standard InChI is InChI=1S/C14H25N3O2/c1-3-8-17-11-12(15)10-13(17)14(18)16-7-5-4-6-9-19-2/h10-11H,3-9,15H2,1-2H3,(H,16,18). The van der Waals surface area contributed by atoms with E-state index in [9.17, 15) is 4.79 Å². The molecule has 1 aromatic heterocycles. The van der Waals surface area contributed by atoms with E-state index in [1.165, 1.54) is 0 Å². The van der Waals surface area contributed by atoms with Crippen LogP contribution in [0.4, 0.5) is 5.69 Å². The molecule has 108 valence electrons. The number of aryl methyl sites for hydroxylation is 1. The van der Waals surface area contributed by atoms with Gasteiger partial charge in [0.2, 0.25) is 0 Å². The van der Waals surface area contributed by atoms with E-state index in [-0.39, 0.29) is 5.91 Å². The molecule has 0 spiro atoms. The fourth-order valence-electron chi connectivity index (χ4n) is 1.99. The number of ether oxygens (including phenoxy) is 1. The fourth-order valence-corrected chi connectivity index (χ4v) is 1.99. The van der Waals surface area contributed by atoms with Gasteiger partial charge in [0.1, 0.15) is 5.69 Å². The van der Waals surface area contributed by atoms with Crippen LogP contribution in [-0.4, -0.2) is 30.7 Å². The molecule has 1 aromatic rings. The Morgan fingerprint density at radius 1 is 1.42 bits per heavy atom. The summed E-state index contributed by atoms with van der Waals surface area (Å²) in [7, 11) is 1.70. The zero-order valence-corrected chi connectivity index (χ0v) is 11.9. The van der Waals surface area contributed by atoms with E-state index in [0.717, 1.165) is 38.8 Å². The average molecular weight is 267 g/mol. The lowest BCUT2D eigenvalue weighted by molar-refractivity contribution is 0.0943. The van der Waals surface area contributed by atoms with E-state index < -0.39 is 0 Å². The van der Waals surface area contributed by atoms with Gasteiger partial charge in [-0.2, -0.15) is 0 Å². The van der Waals surface area contributed by atoms with Crippen molar-refractivity contribution in [2.24, 2.45) is 0 Å². The Hall–Kier alpha value is -1.49. The summed E-state index contributed by atoms with van der Waals surface area (Å²) in [6.45, 7) is 4.37. The van der Waals surface area contributed by atoms with Gasteiger partial charge in [-0.1, -0.05) is 6.92 Å². The maximum Gasteiger partial charge on any atom is 0.267 e. The second-order valence-corrected chi connectivity index (χ2v) is 4.66. The number of amides is 1. The summed E-state index contributed by atoms with van der Waals surface area (Å²) < 4.78 is 6.89. The van der Waals surface area contributed by atoms with Gasteiger partial charge in [-0.05, 0) is 31.7 Å². The van der Waals surface area contributed by atoms with Crippen molar-refractivity contribution in [3.8, 4) is 0 Å².